The van der Waals surface area contributed by atoms with E-state index >= 15 is 0 Å². The fourth-order valence-electron chi connectivity index (χ4n) is 2.24. The van der Waals surface area contributed by atoms with Gasteiger partial charge in [-0.2, -0.15) is 0 Å². The van der Waals surface area contributed by atoms with E-state index in [-0.39, 0.29) is 6.61 Å². The number of aromatic nitrogens is 2. The summed E-state index contributed by atoms with van der Waals surface area (Å²) in [5.41, 5.74) is 3.20. The van der Waals surface area contributed by atoms with Crippen LogP contribution in [0, 0.1) is 6.92 Å². The molecule has 23 heavy (non-hydrogen) atoms. The molecule has 2 heterocycles. The molecule has 0 saturated carbocycles. The van der Waals surface area contributed by atoms with Crippen LogP contribution in [0.5, 0.6) is 5.75 Å². The maximum Gasteiger partial charge on any atom is 0.337 e. The monoisotopic (exact) mass is 330 g/mol. The van der Waals surface area contributed by atoms with Crippen LogP contribution in [-0.4, -0.2) is 22.5 Å². The first-order valence-electron chi connectivity index (χ1n) is 7.02. The summed E-state index contributed by atoms with van der Waals surface area (Å²) in [7, 11) is 1.33. The summed E-state index contributed by atoms with van der Waals surface area (Å²) < 4.78 is 12.3. The van der Waals surface area contributed by atoms with Crippen molar-refractivity contribution in [1.82, 2.24) is 9.38 Å². The molecule has 0 unspecified atom stereocenters. The Bertz CT molecular complexity index is 873. The third-order valence-electron chi connectivity index (χ3n) is 3.38. The number of methoxy groups -OCH3 is 1. The van der Waals surface area contributed by atoms with Gasteiger partial charge in [-0.05, 0) is 36.8 Å². The van der Waals surface area contributed by atoms with E-state index in [1.165, 1.54) is 13.2 Å². The Morgan fingerprint density at radius 1 is 1.26 bits per heavy atom. The van der Waals surface area contributed by atoms with Gasteiger partial charge in [0.1, 0.15) is 18.0 Å². The average Bonchev–Trinajstić information content (AvgIpc) is 2.94. The van der Waals surface area contributed by atoms with E-state index in [4.69, 9.17) is 16.3 Å². The number of rotatable bonds is 4. The molecule has 118 valence electrons. The van der Waals surface area contributed by atoms with E-state index in [1.807, 2.05) is 35.9 Å². The van der Waals surface area contributed by atoms with Gasteiger partial charge in [-0.1, -0.05) is 17.7 Å². The van der Waals surface area contributed by atoms with Crippen LogP contribution in [0.2, 0.25) is 5.02 Å². The van der Waals surface area contributed by atoms with Crippen molar-refractivity contribution in [2.75, 3.05) is 7.11 Å². The van der Waals surface area contributed by atoms with Crippen LogP contribution in [0.15, 0.2) is 42.7 Å². The molecule has 0 amide bonds. The van der Waals surface area contributed by atoms with Crippen molar-refractivity contribution in [3.8, 4) is 5.75 Å². The van der Waals surface area contributed by atoms with Gasteiger partial charge in [0.2, 0.25) is 0 Å². The quantitative estimate of drug-likeness (QED) is 0.685. The SMILES string of the molecule is COC(=O)c1ccc(OCc2cn3cc(C)ccc3n2)c(Cl)c1. The van der Waals surface area contributed by atoms with E-state index in [9.17, 15) is 4.79 Å². The lowest BCUT2D eigenvalue weighted by molar-refractivity contribution is 0.0600. The van der Waals surface area contributed by atoms with E-state index < -0.39 is 5.97 Å². The molecular weight excluding hydrogens is 316 g/mol. The predicted octanol–water partition coefficient (Wildman–Crippen LogP) is 3.66. The molecule has 0 aliphatic rings. The number of hydrogen-bond donors (Lipinski definition) is 0. The van der Waals surface area contributed by atoms with Crippen LogP contribution in [0.3, 0.4) is 0 Å². The highest BCUT2D eigenvalue weighted by Gasteiger charge is 2.10. The first-order valence-corrected chi connectivity index (χ1v) is 7.39. The summed E-state index contributed by atoms with van der Waals surface area (Å²) in [5.74, 6) is 0.0572. The highest BCUT2D eigenvalue weighted by atomic mass is 35.5. The first kappa shape index (κ1) is 15.4. The van der Waals surface area contributed by atoms with Gasteiger partial charge in [0, 0.05) is 12.4 Å². The van der Waals surface area contributed by atoms with Crippen LogP contribution < -0.4 is 4.74 Å². The zero-order chi connectivity index (χ0) is 16.4. The Morgan fingerprint density at radius 2 is 2.09 bits per heavy atom. The maximum atomic E-state index is 11.4. The lowest BCUT2D eigenvalue weighted by Crippen LogP contribution is -2.02. The minimum absolute atomic E-state index is 0.290. The van der Waals surface area contributed by atoms with Crippen molar-refractivity contribution in [3.05, 3.63) is 64.6 Å². The fourth-order valence-corrected chi connectivity index (χ4v) is 2.47. The van der Waals surface area contributed by atoms with Crippen molar-refractivity contribution in [1.29, 1.82) is 0 Å². The van der Waals surface area contributed by atoms with Crippen molar-refractivity contribution in [2.45, 2.75) is 13.5 Å². The number of pyridine rings is 1. The number of fused-ring (bicyclic) bond motifs is 1. The molecule has 0 spiro atoms. The molecule has 2 aromatic heterocycles. The minimum atomic E-state index is -0.436. The molecule has 5 nitrogen and oxygen atoms in total. The van der Waals surface area contributed by atoms with Gasteiger partial charge in [-0.15, -0.1) is 0 Å². The number of nitrogens with zero attached hydrogens (tertiary/aromatic N) is 2. The van der Waals surface area contributed by atoms with E-state index in [2.05, 4.69) is 9.72 Å². The molecule has 0 radical (unpaired) electrons. The van der Waals surface area contributed by atoms with E-state index in [0.717, 1.165) is 16.9 Å². The number of halogens is 1. The van der Waals surface area contributed by atoms with Gasteiger partial charge in [0.25, 0.3) is 0 Å². The summed E-state index contributed by atoms with van der Waals surface area (Å²) in [5, 5.41) is 0.354. The molecule has 0 saturated heterocycles. The minimum Gasteiger partial charge on any atom is -0.486 e. The zero-order valence-electron chi connectivity index (χ0n) is 12.7. The van der Waals surface area contributed by atoms with Gasteiger partial charge in [0.15, 0.2) is 0 Å². The number of esters is 1. The summed E-state index contributed by atoms with van der Waals surface area (Å²) in [4.78, 5) is 15.9. The molecule has 3 rings (SSSR count). The first-order chi connectivity index (χ1) is 11.1. The normalized spacial score (nSPS) is 10.7. The van der Waals surface area contributed by atoms with Gasteiger partial charge in [-0.3, -0.25) is 0 Å². The fraction of sp³-hybridized carbons (Fsp3) is 0.176. The summed E-state index contributed by atoms with van der Waals surface area (Å²) >= 11 is 6.14. The molecule has 6 heteroatoms. The standard InChI is InChI=1S/C17H15ClN2O3/c1-11-3-6-16-19-13(9-20(16)8-11)10-23-15-5-4-12(7-14(15)18)17(21)22-2/h3-9H,10H2,1-2H3. The number of benzene rings is 1. The summed E-state index contributed by atoms with van der Waals surface area (Å²) in [6.07, 6.45) is 3.92. The second-order valence-electron chi connectivity index (χ2n) is 5.13. The third-order valence-corrected chi connectivity index (χ3v) is 3.67. The Morgan fingerprint density at radius 3 is 2.83 bits per heavy atom. The second kappa shape index (κ2) is 6.30. The summed E-state index contributed by atoms with van der Waals surface area (Å²) in [6, 6.07) is 8.75. The van der Waals surface area contributed by atoms with Gasteiger partial charge >= 0.3 is 5.97 Å². The maximum absolute atomic E-state index is 11.4. The number of carbonyl (C=O) groups excluding carboxylic acids is 1. The lowest BCUT2D eigenvalue weighted by atomic mass is 10.2. The van der Waals surface area contributed by atoms with Crippen LogP contribution in [-0.2, 0) is 11.3 Å². The van der Waals surface area contributed by atoms with Crippen molar-refractivity contribution in [3.63, 3.8) is 0 Å². The van der Waals surface area contributed by atoms with Crippen LogP contribution in [0.4, 0.5) is 0 Å². The Labute approximate surface area is 138 Å². The molecule has 0 aliphatic heterocycles. The van der Waals surface area contributed by atoms with Gasteiger partial charge in [-0.25, -0.2) is 9.78 Å². The number of aryl methyl sites for hydroxylation is 1. The Kier molecular flexibility index (Phi) is 4.21. The second-order valence-corrected chi connectivity index (χ2v) is 5.54. The van der Waals surface area contributed by atoms with Crippen molar-refractivity contribution >= 4 is 23.2 Å². The number of imidazole rings is 1. The largest absolute Gasteiger partial charge is 0.486 e. The smallest absolute Gasteiger partial charge is 0.337 e. The molecule has 0 aliphatic carbocycles. The van der Waals surface area contributed by atoms with Crippen molar-refractivity contribution < 1.29 is 14.3 Å². The predicted molar refractivity (Wildman–Crippen MR) is 87.1 cm³/mol. The van der Waals surface area contributed by atoms with E-state index in [1.54, 1.807) is 12.1 Å². The van der Waals surface area contributed by atoms with Gasteiger partial charge in [0.05, 0.1) is 23.4 Å². The molecule has 0 fully saturated rings. The van der Waals surface area contributed by atoms with Crippen LogP contribution in [0.1, 0.15) is 21.6 Å². The third kappa shape index (κ3) is 3.29. The highest BCUT2D eigenvalue weighted by molar-refractivity contribution is 6.32. The van der Waals surface area contributed by atoms with Gasteiger partial charge < -0.3 is 13.9 Å². The number of hydrogen-bond acceptors (Lipinski definition) is 4. The average molecular weight is 331 g/mol. The summed E-state index contributed by atoms with van der Waals surface area (Å²) in [6.45, 7) is 2.32. The molecule has 0 bridgehead atoms. The molecule has 0 N–H and O–H groups in total. The van der Waals surface area contributed by atoms with Crippen LogP contribution in [0.25, 0.3) is 5.65 Å². The lowest BCUT2D eigenvalue weighted by Gasteiger charge is -2.07. The number of ether oxygens (including phenoxy) is 2. The molecule has 0 atom stereocenters. The molecular formula is C17H15ClN2O3. The topological polar surface area (TPSA) is 52.8 Å². The van der Waals surface area contributed by atoms with Crippen LogP contribution >= 0.6 is 11.6 Å². The number of carbonyl (C=O) groups is 1. The Balaban J connectivity index is 1.75. The Hall–Kier alpha value is -2.53. The van der Waals surface area contributed by atoms with E-state index in [0.29, 0.717) is 16.3 Å². The molecule has 1 aromatic carbocycles. The zero-order valence-corrected chi connectivity index (χ0v) is 13.5. The van der Waals surface area contributed by atoms with Crippen molar-refractivity contribution in [2.24, 2.45) is 0 Å². The highest BCUT2D eigenvalue weighted by Crippen LogP contribution is 2.26. The molecule has 3 aromatic rings.